The van der Waals surface area contributed by atoms with Gasteiger partial charge in [-0.3, -0.25) is 4.21 Å². The van der Waals surface area contributed by atoms with Gasteiger partial charge in [-0.25, -0.2) is 4.39 Å². The van der Waals surface area contributed by atoms with E-state index in [1.54, 1.807) is 18.4 Å². The zero-order chi connectivity index (χ0) is 12.8. The fourth-order valence-electron chi connectivity index (χ4n) is 1.43. The summed E-state index contributed by atoms with van der Waals surface area (Å²) >= 11 is 0. The summed E-state index contributed by atoms with van der Waals surface area (Å²) in [4.78, 5) is 0. The highest BCUT2D eigenvalue weighted by Crippen LogP contribution is 2.20. The van der Waals surface area contributed by atoms with E-state index in [1.165, 1.54) is 6.07 Å². The molecular weight excluding hydrogens is 241 g/mol. The largest absolute Gasteiger partial charge is 0.505 e. The van der Waals surface area contributed by atoms with Gasteiger partial charge in [0.05, 0.1) is 0 Å². The van der Waals surface area contributed by atoms with Gasteiger partial charge in [0.25, 0.3) is 0 Å². The summed E-state index contributed by atoms with van der Waals surface area (Å²) in [6.07, 6.45) is 2.46. The number of benzene rings is 1. The normalized spacial score (nSPS) is 14.5. The molecule has 0 aliphatic carbocycles. The molecule has 0 aromatic heterocycles. The van der Waals surface area contributed by atoms with Crippen LogP contribution in [0.15, 0.2) is 18.2 Å². The van der Waals surface area contributed by atoms with Crippen LogP contribution < -0.4 is 5.32 Å². The van der Waals surface area contributed by atoms with E-state index in [0.717, 1.165) is 6.42 Å². The van der Waals surface area contributed by atoms with Gasteiger partial charge in [-0.15, -0.1) is 0 Å². The molecule has 0 fully saturated rings. The molecule has 2 N–H and O–H groups in total. The van der Waals surface area contributed by atoms with Crippen molar-refractivity contribution in [2.75, 3.05) is 12.0 Å². The molecule has 1 aromatic rings. The molecule has 0 aliphatic heterocycles. The van der Waals surface area contributed by atoms with E-state index in [-0.39, 0.29) is 11.8 Å². The average molecular weight is 259 g/mol. The van der Waals surface area contributed by atoms with Crippen molar-refractivity contribution in [2.45, 2.75) is 25.9 Å². The van der Waals surface area contributed by atoms with Gasteiger partial charge in [-0.2, -0.15) is 0 Å². The maximum Gasteiger partial charge on any atom is 0.165 e. The summed E-state index contributed by atoms with van der Waals surface area (Å²) in [7, 11) is -0.792. The van der Waals surface area contributed by atoms with Gasteiger partial charge in [-0.05, 0) is 19.4 Å². The van der Waals surface area contributed by atoms with Gasteiger partial charge >= 0.3 is 0 Å². The summed E-state index contributed by atoms with van der Waals surface area (Å²) in [5, 5.41) is 12.6. The fraction of sp³-hybridized carbons (Fsp3) is 0.500. The number of aromatic hydroxyl groups is 1. The van der Waals surface area contributed by atoms with Crippen LogP contribution in [-0.4, -0.2) is 27.4 Å². The lowest BCUT2D eigenvalue weighted by molar-refractivity contribution is 0.419. The van der Waals surface area contributed by atoms with Gasteiger partial charge in [0.15, 0.2) is 11.6 Å². The van der Waals surface area contributed by atoms with Gasteiger partial charge in [0.2, 0.25) is 0 Å². The summed E-state index contributed by atoms with van der Waals surface area (Å²) in [6.45, 7) is 2.38. The molecule has 0 amide bonds. The Labute approximate surface area is 104 Å². The fourth-order valence-corrected chi connectivity index (χ4v) is 2.12. The quantitative estimate of drug-likeness (QED) is 0.818. The Morgan fingerprint density at radius 2 is 2.24 bits per heavy atom. The molecule has 0 saturated carbocycles. The van der Waals surface area contributed by atoms with E-state index in [9.17, 15) is 13.7 Å². The van der Waals surface area contributed by atoms with Crippen LogP contribution >= 0.6 is 0 Å². The number of para-hydroxylation sites is 1. The molecule has 3 nitrogen and oxygen atoms in total. The maximum absolute atomic E-state index is 13.0. The smallest absolute Gasteiger partial charge is 0.165 e. The minimum atomic E-state index is -0.792. The lowest BCUT2D eigenvalue weighted by Crippen LogP contribution is -2.27. The van der Waals surface area contributed by atoms with Crippen molar-refractivity contribution in [2.24, 2.45) is 0 Å². The molecular formula is C12H18FNO2S. The molecule has 17 heavy (non-hydrogen) atoms. The number of phenols is 1. The van der Waals surface area contributed by atoms with Crippen LogP contribution in [-0.2, 0) is 17.3 Å². The number of phenolic OH excluding ortho intramolecular Hbond substituents is 1. The van der Waals surface area contributed by atoms with Crippen molar-refractivity contribution in [3.8, 4) is 5.75 Å². The predicted octanol–water partition coefficient (Wildman–Crippen LogP) is 1.78. The number of halogens is 1. The summed E-state index contributed by atoms with van der Waals surface area (Å²) in [5.74, 6) is -0.263. The molecule has 1 aromatic carbocycles. The second-order valence-electron chi connectivity index (χ2n) is 4.10. The topological polar surface area (TPSA) is 49.3 Å². The second kappa shape index (κ2) is 6.71. The second-order valence-corrected chi connectivity index (χ2v) is 5.65. The van der Waals surface area contributed by atoms with Crippen LogP contribution in [0.2, 0.25) is 0 Å². The van der Waals surface area contributed by atoms with Crippen LogP contribution in [0.5, 0.6) is 5.75 Å². The molecule has 2 unspecified atom stereocenters. The molecule has 0 saturated heterocycles. The highest BCUT2D eigenvalue weighted by Gasteiger charge is 2.08. The molecule has 1 rings (SSSR count). The first-order chi connectivity index (χ1) is 8.00. The Morgan fingerprint density at radius 3 is 2.88 bits per heavy atom. The summed E-state index contributed by atoms with van der Waals surface area (Å²) in [6, 6.07) is 4.65. The summed E-state index contributed by atoms with van der Waals surface area (Å²) < 4.78 is 24.0. The highest BCUT2D eigenvalue weighted by molar-refractivity contribution is 7.84. The van der Waals surface area contributed by atoms with Crippen molar-refractivity contribution >= 4 is 10.8 Å². The summed E-state index contributed by atoms with van der Waals surface area (Å²) in [5.41, 5.74) is 0.537. The lowest BCUT2D eigenvalue weighted by Gasteiger charge is -2.13. The third-order valence-corrected chi connectivity index (χ3v) is 3.36. The standard InChI is InChI=1S/C12H18FNO2S/c1-9(6-7-17(2)16)14-8-10-4-3-5-11(13)12(10)15/h3-5,9,14-15H,6-8H2,1-2H3. The molecule has 0 spiro atoms. The van der Waals surface area contributed by atoms with Gasteiger partial charge in [0.1, 0.15) is 0 Å². The van der Waals surface area contributed by atoms with Crippen molar-refractivity contribution in [3.05, 3.63) is 29.6 Å². The maximum atomic E-state index is 13.0. The monoisotopic (exact) mass is 259 g/mol. The van der Waals surface area contributed by atoms with Crippen LogP contribution in [0.25, 0.3) is 0 Å². The third kappa shape index (κ3) is 4.83. The zero-order valence-electron chi connectivity index (χ0n) is 10.1. The first kappa shape index (κ1) is 14.1. The van der Waals surface area contributed by atoms with E-state index in [1.807, 2.05) is 6.92 Å². The minimum absolute atomic E-state index is 0.182. The predicted molar refractivity (Wildman–Crippen MR) is 67.9 cm³/mol. The Bertz CT molecular complexity index is 398. The lowest BCUT2D eigenvalue weighted by atomic mass is 10.1. The van der Waals surface area contributed by atoms with Crippen molar-refractivity contribution < 1.29 is 13.7 Å². The van der Waals surface area contributed by atoms with E-state index < -0.39 is 16.6 Å². The van der Waals surface area contributed by atoms with Gasteiger partial charge < -0.3 is 10.4 Å². The van der Waals surface area contributed by atoms with E-state index in [4.69, 9.17) is 0 Å². The van der Waals surface area contributed by atoms with E-state index in [0.29, 0.717) is 17.9 Å². The molecule has 0 bridgehead atoms. The van der Waals surface area contributed by atoms with Crippen LogP contribution in [0.4, 0.5) is 4.39 Å². The van der Waals surface area contributed by atoms with E-state index >= 15 is 0 Å². The first-order valence-electron chi connectivity index (χ1n) is 5.50. The Kier molecular flexibility index (Phi) is 5.58. The SMILES string of the molecule is CC(CCS(C)=O)NCc1cccc(F)c1O. The third-order valence-electron chi connectivity index (χ3n) is 2.55. The average Bonchev–Trinajstić information content (AvgIpc) is 2.28. The number of rotatable bonds is 6. The Morgan fingerprint density at radius 1 is 1.53 bits per heavy atom. The van der Waals surface area contributed by atoms with Crippen LogP contribution in [0.1, 0.15) is 18.9 Å². The molecule has 2 atom stereocenters. The molecule has 0 radical (unpaired) electrons. The number of hydrogen-bond acceptors (Lipinski definition) is 3. The Hall–Kier alpha value is -0.940. The first-order valence-corrected chi connectivity index (χ1v) is 7.23. The zero-order valence-corrected chi connectivity index (χ0v) is 10.9. The highest BCUT2D eigenvalue weighted by atomic mass is 32.2. The number of nitrogens with one attached hydrogen (secondary N) is 1. The molecule has 0 aliphatic rings. The number of hydrogen-bond donors (Lipinski definition) is 2. The van der Waals surface area contributed by atoms with E-state index in [2.05, 4.69) is 5.32 Å². The molecule has 96 valence electrons. The Balaban J connectivity index is 2.44. The van der Waals surface area contributed by atoms with Gasteiger partial charge in [0, 0.05) is 41.0 Å². The van der Waals surface area contributed by atoms with Crippen molar-refractivity contribution in [3.63, 3.8) is 0 Å². The minimum Gasteiger partial charge on any atom is -0.505 e. The van der Waals surface area contributed by atoms with Crippen LogP contribution in [0.3, 0.4) is 0 Å². The van der Waals surface area contributed by atoms with Gasteiger partial charge in [-0.1, -0.05) is 12.1 Å². The van der Waals surface area contributed by atoms with Crippen LogP contribution in [0, 0.1) is 5.82 Å². The molecule has 5 heteroatoms. The molecule has 0 heterocycles. The van der Waals surface area contributed by atoms with Crippen molar-refractivity contribution in [1.29, 1.82) is 0 Å². The van der Waals surface area contributed by atoms with Crippen molar-refractivity contribution in [1.82, 2.24) is 5.32 Å².